The van der Waals surface area contributed by atoms with Gasteiger partial charge in [0.1, 0.15) is 0 Å². The molecule has 0 unspecified atom stereocenters. The van der Waals surface area contributed by atoms with Crippen LogP contribution in [0.2, 0.25) is 0 Å². The van der Waals surface area contributed by atoms with Crippen molar-refractivity contribution in [2.45, 2.75) is 102 Å². The van der Waals surface area contributed by atoms with E-state index in [1.165, 1.54) is 89.2 Å². The molecule has 2 heteroatoms. The molecule has 1 aliphatic heterocycles. The summed E-state index contributed by atoms with van der Waals surface area (Å²) in [5.41, 5.74) is 0.955. The Morgan fingerprint density at radius 2 is 1.29 bits per heavy atom. The second-order valence-electron chi connectivity index (χ2n) is 8.79. The molecule has 0 saturated carbocycles. The van der Waals surface area contributed by atoms with Gasteiger partial charge in [-0.2, -0.15) is 5.26 Å². The first-order chi connectivity index (χ1) is 13.8. The maximum atomic E-state index is 9.80. The molecule has 1 saturated heterocycles. The number of nitrogens with zero attached hydrogens (tertiary/aromatic N) is 2. The predicted molar refractivity (Wildman–Crippen MR) is 120 cm³/mol. The molecular weight excluding hydrogens is 340 g/mol. The molecule has 0 N–H and O–H groups in total. The first-order valence-electron chi connectivity index (χ1n) is 12.0. The van der Waals surface area contributed by atoms with Crippen LogP contribution >= 0.6 is 0 Å². The van der Waals surface area contributed by atoms with Crippen LogP contribution in [0.25, 0.3) is 0 Å². The van der Waals surface area contributed by atoms with Crippen LogP contribution in [0.4, 0.5) is 0 Å². The summed E-state index contributed by atoms with van der Waals surface area (Å²) >= 11 is 0. The molecule has 2 rings (SSSR count). The lowest BCUT2D eigenvalue weighted by Gasteiger charge is -2.37. The van der Waals surface area contributed by atoms with E-state index in [9.17, 15) is 5.26 Å². The lowest BCUT2D eigenvalue weighted by atomic mass is 9.74. The molecule has 0 aliphatic carbocycles. The molecule has 1 heterocycles. The molecule has 1 aliphatic rings. The van der Waals surface area contributed by atoms with Gasteiger partial charge in [-0.15, -0.1) is 0 Å². The molecule has 0 amide bonds. The minimum Gasteiger partial charge on any atom is -0.303 e. The highest BCUT2D eigenvalue weighted by molar-refractivity contribution is 5.33. The molecule has 0 bridgehead atoms. The second-order valence-corrected chi connectivity index (χ2v) is 8.79. The van der Waals surface area contributed by atoms with Crippen LogP contribution in [0.5, 0.6) is 0 Å². The number of hydrogen-bond donors (Lipinski definition) is 0. The van der Waals surface area contributed by atoms with Crippen molar-refractivity contribution in [3.8, 4) is 6.07 Å². The van der Waals surface area contributed by atoms with Gasteiger partial charge >= 0.3 is 0 Å². The lowest BCUT2D eigenvalue weighted by Crippen LogP contribution is -2.42. The van der Waals surface area contributed by atoms with Crippen molar-refractivity contribution in [2.75, 3.05) is 19.6 Å². The number of unbranched alkanes of at least 4 members (excludes halogenated alkanes) is 11. The van der Waals surface area contributed by atoms with Gasteiger partial charge in [-0.25, -0.2) is 0 Å². The number of rotatable bonds is 14. The smallest absolute Gasteiger partial charge is 0.0846 e. The molecule has 1 fully saturated rings. The summed E-state index contributed by atoms with van der Waals surface area (Å²) in [6, 6.07) is 13.1. The van der Waals surface area contributed by atoms with Crippen LogP contribution in [0, 0.1) is 11.3 Å². The average molecular weight is 383 g/mol. The third-order valence-corrected chi connectivity index (χ3v) is 6.58. The van der Waals surface area contributed by atoms with Gasteiger partial charge in [-0.3, -0.25) is 0 Å². The third-order valence-electron chi connectivity index (χ3n) is 6.58. The van der Waals surface area contributed by atoms with Crippen LogP contribution in [0.3, 0.4) is 0 Å². The fraction of sp³-hybridized carbons (Fsp3) is 0.731. The van der Waals surface area contributed by atoms with E-state index < -0.39 is 0 Å². The summed E-state index contributed by atoms with van der Waals surface area (Å²) < 4.78 is 0. The maximum absolute atomic E-state index is 9.80. The standard InChI is InChI=1S/C26H42N2/c1-2-3-4-5-6-7-8-9-10-11-12-16-21-28-22-19-26(24-27,20-23-28)25-17-14-13-15-18-25/h13-15,17-18H,2-12,16,19-23H2,1H3. The Labute approximate surface area is 174 Å². The lowest BCUT2D eigenvalue weighted by molar-refractivity contribution is 0.183. The van der Waals surface area contributed by atoms with Crippen molar-refractivity contribution in [3.05, 3.63) is 35.9 Å². The zero-order valence-corrected chi connectivity index (χ0v) is 18.3. The zero-order chi connectivity index (χ0) is 19.9. The van der Waals surface area contributed by atoms with Gasteiger partial charge in [-0.05, 0) is 44.5 Å². The quantitative estimate of drug-likeness (QED) is 0.317. The molecule has 1 aromatic carbocycles. The summed E-state index contributed by atoms with van der Waals surface area (Å²) in [6.07, 6.45) is 18.9. The molecular formula is C26H42N2. The van der Waals surface area contributed by atoms with Gasteiger partial charge in [0.25, 0.3) is 0 Å². The summed E-state index contributed by atoms with van der Waals surface area (Å²) in [4.78, 5) is 2.58. The number of hydrogen-bond acceptors (Lipinski definition) is 2. The zero-order valence-electron chi connectivity index (χ0n) is 18.3. The SMILES string of the molecule is CCCCCCCCCCCCCCN1CCC(C#N)(c2ccccc2)CC1. The van der Waals surface area contributed by atoms with Crippen LogP contribution in [-0.4, -0.2) is 24.5 Å². The first kappa shape index (κ1) is 23.0. The molecule has 0 atom stereocenters. The summed E-state index contributed by atoms with van der Waals surface area (Å²) in [5.74, 6) is 0. The van der Waals surface area contributed by atoms with Crippen LogP contribution in [0.15, 0.2) is 30.3 Å². The van der Waals surface area contributed by atoms with Crippen molar-refractivity contribution in [3.63, 3.8) is 0 Å². The molecule has 0 radical (unpaired) electrons. The van der Waals surface area contributed by atoms with E-state index in [0.29, 0.717) is 0 Å². The first-order valence-corrected chi connectivity index (χ1v) is 12.0. The maximum Gasteiger partial charge on any atom is 0.0846 e. The van der Waals surface area contributed by atoms with Crippen LogP contribution < -0.4 is 0 Å². The normalized spacial score (nSPS) is 16.7. The van der Waals surface area contributed by atoms with E-state index in [4.69, 9.17) is 0 Å². The summed E-state index contributed by atoms with van der Waals surface area (Å²) in [7, 11) is 0. The van der Waals surface area contributed by atoms with Crippen molar-refractivity contribution in [1.82, 2.24) is 4.90 Å². The van der Waals surface area contributed by atoms with Gasteiger partial charge in [0.15, 0.2) is 0 Å². The van der Waals surface area contributed by atoms with Crippen LogP contribution in [0.1, 0.15) is 102 Å². The minimum absolute atomic E-state index is 0.256. The van der Waals surface area contributed by atoms with E-state index in [2.05, 4.69) is 42.2 Å². The average Bonchev–Trinajstić information content (AvgIpc) is 2.75. The Bertz CT molecular complexity index is 537. The van der Waals surface area contributed by atoms with Crippen molar-refractivity contribution in [2.24, 2.45) is 0 Å². The number of nitriles is 1. The Kier molecular flexibility index (Phi) is 11.3. The largest absolute Gasteiger partial charge is 0.303 e. The van der Waals surface area contributed by atoms with E-state index in [0.717, 1.165) is 25.9 Å². The van der Waals surface area contributed by atoms with E-state index >= 15 is 0 Å². The van der Waals surface area contributed by atoms with Gasteiger partial charge in [0.05, 0.1) is 11.5 Å². The van der Waals surface area contributed by atoms with E-state index in [1.54, 1.807) is 0 Å². The van der Waals surface area contributed by atoms with E-state index in [1.807, 2.05) is 6.07 Å². The van der Waals surface area contributed by atoms with Gasteiger partial charge in [0.2, 0.25) is 0 Å². The molecule has 156 valence electrons. The molecule has 1 aromatic rings. The fourth-order valence-electron chi connectivity index (χ4n) is 4.56. The monoisotopic (exact) mass is 382 g/mol. The molecule has 0 aromatic heterocycles. The van der Waals surface area contributed by atoms with Crippen LogP contribution in [-0.2, 0) is 5.41 Å². The van der Waals surface area contributed by atoms with Gasteiger partial charge < -0.3 is 4.90 Å². The second kappa shape index (κ2) is 13.8. The summed E-state index contributed by atoms with van der Waals surface area (Å²) in [5, 5.41) is 9.80. The van der Waals surface area contributed by atoms with Gasteiger partial charge in [0, 0.05) is 0 Å². The predicted octanol–water partition coefficient (Wildman–Crippen LogP) is 7.24. The number of benzene rings is 1. The van der Waals surface area contributed by atoms with Gasteiger partial charge in [-0.1, -0.05) is 108 Å². The van der Waals surface area contributed by atoms with Crippen molar-refractivity contribution < 1.29 is 0 Å². The van der Waals surface area contributed by atoms with E-state index in [-0.39, 0.29) is 5.41 Å². The van der Waals surface area contributed by atoms with Crippen molar-refractivity contribution >= 4 is 0 Å². The fourth-order valence-corrected chi connectivity index (χ4v) is 4.56. The Morgan fingerprint density at radius 3 is 1.79 bits per heavy atom. The highest BCUT2D eigenvalue weighted by Crippen LogP contribution is 2.34. The molecule has 2 nitrogen and oxygen atoms in total. The Balaban J connectivity index is 1.48. The highest BCUT2D eigenvalue weighted by Gasteiger charge is 2.36. The minimum atomic E-state index is -0.256. The molecule has 28 heavy (non-hydrogen) atoms. The molecule has 0 spiro atoms. The van der Waals surface area contributed by atoms with Crippen molar-refractivity contribution in [1.29, 1.82) is 5.26 Å². The third kappa shape index (κ3) is 7.96. The highest BCUT2D eigenvalue weighted by atomic mass is 15.1. The Morgan fingerprint density at radius 1 is 0.786 bits per heavy atom. The topological polar surface area (TPSA) is 27.0 Å². The number of likely N-dealkylation sites (tertiary alicyclic amines) is 1. The number of piperidine rings is 1. The Hall–Kier alpha value is -1.33. The summed E-state index contributed by atoms with van der Waals surface area (Å²) in [6.45, 7) is 5.64.